The molecule has 1 rings (SSSR count). The fraction of sp³-hybridized carbons (Fsp3) is 0.308. The highest BCUT2D eigenvalue weighted by molar-refractivity contribution is 5.88. The molecule has 3 heteroatoms. The SMILES string of the molecule is CCOC(=O)/C(=C/O)Cc1ccccc1C. The average Bonchev–Trinajstić information content (AvgIpc) is 2.28. The molecule has 0 aliphatic carbocycles. The van der Waals surface area contributed by atoms with Gasteiger partial charge in [-0.05, 0) is 25.0 Å². The van der Waals surface area contributed by atoms with Crippen LogP contribution in [0.5, 0.6) is 0 Å². The minimum absolute atomic E-state index is 0.274. The standard InChI is InChI=1S/C13H16O3/c1-3-16-13(15)12(9-14)8-11-7-5-4-6-10(11)2/h4-7,9,14H,3,8H2,1-2H3/b12-9+. The van der Waals surface area contributed by atoms with Crippen molar-refractivity contribution in [3.05, 3.63) is 47.2 Å². The van der Waals surface area contributed by atoms with Crippen LogP contribution in [-0.2, 0) is 16.0 Å². The number of hydrogen-bond acceptors (Lipinski definition) is 3. The maximum absolute atomic E-state index is 11.4. The predicted octanol–water partition coefficient (Wildman–Crippen LogP) is 2.54. The van der Waals surface area contributed by atoms with E-state index >= 15 is 0 Å². The van der Waals surface area contributed by atoms with Gasteiger partial charge >= 0.3 is 5.97 Å². The maximum Gasteiger partial charge on any atom is 0.337 e. The lowest BCUT2D eigenvalue weighted by molar-refractivity contribution is -0.138. The second-order valence-corrected chi connectivity index (χ2v) is 3.48. The van der Waals surface area contributed by atoms with Crippen LogP contribution >= 0.6 is 0 Å². The number of carbonyl (C=O) groups excluding carboxylic acids is 1. The first-order chi connectivity index (χ1) is 7.69. The zero-order valence-corrected chi connectivity index (χ0v) is 9.56. The molecule has 0 aliphatic heterocycles. The molecule has 0 saturated heterocycles. The van der Waals surface area contributed by atoms with E-state index in [1.807, 2.05) is 31.2 Å². The molecule has 0 bridgehead atoms. The Balaban J connectivity index is 2.79. The van der Waals surface area contributed by atoms with Gasteiger partial charge in [0.1, 0.15) is 0 Å². The second-order valence-electron chi connectivity index (χ2n) is 3.48. The third kappa shape index (κ3) is 3.12. The number of aliphatic hydroxyl groups is 1. The topological polar surface area (TPSA) is 46.5 Å². The Kier molecular flexibility index (Phi) is 4.58. The van der Waals surface area contributed by atoms with Gasteiger partial charge in [-0.2, -0.15) is 0 Å². The molecule has 3 nitrogen and oxygen atoms in total. The van der Waals surface area contributed by atoms with Crippen molar-refractivity contribution in [2.45, 2.75) is 20.3 Å². The molecule has 0 heterocycles. The number of aryl methyl sites for hydroxylation is 1. The smallest absolute Gasteiger partial charge is 0.337 e. The summed E-state index contributed by atoms with van der Waals surface area (Å²) in [5, 5.41) is 9.01. The molecule has 0 radical (unpaired) electrons. The van der Waals surface area contributed by atoms with Gasteiger partial charge in [0, 0.05) is 6.42 Å². The van der Waals surface area contributed by atoms with Gasteiger partial charge in [-0.25, -0.2) is 4.79 Å². The van der Waals surface area contributed by atoms with Crippen molar-refractivity contribution in [3.8, 4) is 0 Å². The van der Waals surface area contributed by atoms with Crippen LogP contribution < -0.4 is 0 Å². The van der Waals surface area contributed by atoms with E-state index in [1.54, 1.807) is 6.92 Å². The summed E-state index contributed by atoms with van der Waals surface area (Å²) < 4.78 is 4.84. The van der Waals surface area contributed by atoms with Crippen molar-refractivity contribution >= 4 is 5.97 Å². The molecule has 1 N–H and O–H groups in total. The molecule has 0 amide bonds. The fourth-order valence-electron chi connectivity index (χ4n) is 1.41. The first-order valence-corrected chi connectivity index (χ1v) is 5.24. The summed E-state index contributed by atoms with van der Waals surface area (Å²) >= 11 is 0. The van der Waals surface area contributed by atoms with Gasteiger partial charge in [-0.15, -0.1) is 0 Å². The Morgan fingerprint density at radius 2 is 2.12 bits per heavy atom. The van der Waals surface area contributed by atoms with Gasteiger partial charge in [-0.1, -0.05) is 24.3 Å². The van der Waals surface area contributed by atoms with Crippen LogP contribution in [0, 0.1) is 6.92 Å². The van der Waals surface area contributed by atoms with Crippen LogP contribution in [0.25, 0.3) is 0 Å². The van der Waals surface area contributed by atoms with Crippen molar-refractivity contribution in [1.29, 1.82) is 0 Å². The van der Waals surface area contributed by atoms with Crippen LogP contribution in [0.3, 0.4) is 0 Å². The molecule has 0 spiro atoms. The molecule has 1 aromatic carbocycles. The van der Waals surface area contributed by atoms with E-state index in [1.165, 1.54) is 0 Å². The van der Waals surface area contributed by atoms with E-state index in [2.05, 4.69) is 0 Å². The monoisotopic (exact) mass is 220 g/mol. The largest absolute Gasteiger partial charge is 0.515 e. The minimum atomic E-state index is -0.465. The van der Waals surface area contributed by atoms with Crippen LogP contribution in [-0.4, -0.2) is 17.7 Å². The normalized spacial score (nSPS) is 11.2. The third-order valence-electron chi connectivity index (χ3n) is 2.34. The van der Waals surface area contributed by atoms with E-state index < -0.39 is 5.97 Å². The number of ether oxygens (including phenoxy) is 1. The number of rotatable bonds is 4. The average molecular weight is 220 g/mol. The lowest BCUT2D eigenvalue weighted by Crippen LogP contribution is -2.10. The van der Waals surface area contributed by atoms with Gasteiger partial charge in [0.25, 0.3) is 0 Å². The van der Waals surface area contributed by atoms with E-state index in [-0.39, 0.29) is 5.57 Å². The number of benzene rings is 1. The Morgan fingerprint density at radius 3 is 2.69 bits per heavy atom. The van der Waals surface area contributed by atoms with E-state index in [0.717, 1.165) is 17.4 Å². The Morgan fingerprint density at radius 1 is 1.44 bits per heavy atom. The van der Waals surface area contributed by atoms with Crippen molar-refractivity contribution in [3.63, 3.8) is 0 Å². The summed E-state index contributed by atoms with van der Waals surface area (Å²) in [4.78, 5) is 11.4. The van der Waals surface area contributed by atoms with Crippen LogP contribution in [0.2, 0.25) is 0 Å². The van der Waals surface area contributed by atoms with Crippen LogP contribution in [0.4, 0.5) is 0 Å². The zero-order chi connectivity index (χ0) is 12.0. The minimum Gasteiger partial charge on any atom is -0.515 e. The van der Waals surface area contributed by atoms with Gasteiger partial charge in [0.05, 0.1) is 18.4 Å². The molecular formula is C13H16O3. The molecule has 86 valence electrons. The molecular weight excluding hydrogens is 204 g/mol. The van der Waals surface area contributed by atoms with Crippen molar-refractivity contribution in [1.82, 2.24) is 0 Å². The predicted molar refractivity (Wildman–Crippen MR) is 62.2 cm³/mol. The number of esters is 1. The Hall–Kier alpha value is -1.77. The summed E-state index contributed by atoms with van der Waals surface area (Å²) in [5.41, 5.74) is 2.37. The second kappa shape index (κ2) is 5.95. The summed E-state index contributed by atoms with van der Waals surface area (Å²) in [6.45, 7) is 4.01. The van der Waals surface area contributed by atoms with Crippen molar-refractivity contribution in [2.75, 3.05) is 6.61 Å². The summed E-state index contributed by atoms with van der Waals surface area (Å²) in [5.74, 6) is -0.465. The Bertz CT molecular complexity index is 394. The van der Waals surface area contributed by atoms with Crippen molar-refractivity contribution in [2.24, 2.45) is 0 Å². The van der Waals surface area contributed by atoms with Gasteiger partial charge in [-0.3, -0.25) is 0 Å². The highest BCUT2D eigenvalue weighted by Gasteiger charge is 2.12. The molecule has 0 fully saturated rings. The van der Waals surface area contributed by atoms with Crippen LogP contribution in [0.1, 0.15) is 18.1 Å². The molecule has 1 aromatic rings. The first kappa shape index (κ1) is 12.3. The zero-order valence-electron chi connectivity index (χ0n) is 9.56. The number of hydrogen-bond donors (Lipinski definition) is 1. The third-order valence-corrected chi connectivity index (χ3v) is 2.34. The quantitative estimate of drug-likeness (QED) is 0.482. The van der Waals surface area contributed by atoms with E-state index in [9.17, 15) is 4.79 Å². The lowest BCUT2D eigenvalue weighted by atomic mass is 10.0. The van der Waals surface area contributed by atoms with E-state index in [0.29, 0.717) is 13.0 Å². The molecule has 16 heavy (non-hydrogen) atoms. The van der Waals surface area contributed by atoms with Crippen molar-refractivity contribution < 1.29 is 14.6 Å². The lowest BCUT2D eigenvalue weighted by Gasteiger charge is -2.07. The fourth-order valence-corrected chi connectivity index (χ4v) is 1.41. The van der Waals surface area contributed by atoms with Crippen LogP contribution in [0.15, 0.2) is 36.1 Å². The molecule has 0 aromatic heterocycles. The highest BCUT2D eigenvalue weighted by Crippen LogP contribution is 2.13. The van der Waals surface area contributed by atoms with Gasteiger partial charge < -0.3 is 9.84 Å². The number of carbonyl (C=O) groups is 1. The van der Waals surface area contributed by atoms with Gasteiger partial charge in [0.15, 0.2) is 0 Å². The van der Waals surface area contributed by atoms with E-state index in [4.69, 9.17) is 9.84 Å². The molecule has 0 atom stereocenters. The molecule has 0 aliphatic rings. The summed E-state index contributed by atoms with van der Waals surface area (Å²) in [6.07, 6.45) is 1.21. The Labute approximate surface area is 95.4 Å². The number of aliphatic hydroxyl groups excluding tert-OH is 1. The highest BCUT2D eigenvalue weighted by atomic mass is 16.5. The molecule has 0 saturated carbocycles. The van der Waals surface area contributed by atoms with Gasteiger partial charge in [0.2, 0.25) is 0 Å². The first-order valence-electron chi connectivity index (χ1n) is 5.24. The summed E-state index contributed by atoms with van der Waals surface area (Å²) in [6, 6.07) is 7.74. The maximum atomic E-state index is 11.4. The molecule has 0 unspecified atom stereocenters. The summed E-state index contributed by atoms with van der Waals surface area (Å²) in [7, 11) is 0.